The Bertz CT molecular complexity index is 477. The van der Waals surface area contributed by atoms with Gasteiger partial charge in [-0.1, -0.05) is 25.1 Å². The van der Waals surface area contributed by atoms with Crippen molar-refractivity contribution in [2.75, 3.05) is 6.66 Å². The molecule has 1 aromatic rings. The van der Waals surface area contributed by atoms with Gasteiger partial charge in [-0.25, -0.2) is 5.09 Å². The predicted molar refractivity (Wildman–Crippen MR) is 79.0 cm³/mol. The highest BCUT2D eigenvalue weighted by molar-refractivity contribution is 7.56. The van der Waals surface area contributed by atoms with Gasteiger partial charge in [0.05, 0.1) is 6.10 Å². The zero-order chi connectivity index (χ0) is 15.2. The van der Waals surface area contributed by atoms with Crippen molar-refractivity contribution in [1.82, 2.24) is 5.09 Å². The summed E-state index contributed by atoms with van der Waals surface area (Å²) in [4.78, 5) is 11.8. The molecule has 5 nitrogen and oxygen atoms in total. The average molecular weight is 299 g/mol. The fourth-order valence-corrected chi connectivity index (χ4v) is 2.88. The number of carbonyl (C=O) groups excluding carboxylic acids is 1. The van der Waals surface area contributed by atoms with Crippen LogP contribution in [0.1, 0.15) is 27.2 Å². The number of benzene rings is 1. The summed E-state index contributed by atoms with van der Waals surface area (Å²) in [5, 5.41) is 2.69. The molecule has 20 heavy (non-hydrogen) atoms. The number of ether oxygens (including phenoxy) is 1. The Morgan fingerprint density at radius 2 is 1.90 bits per heavy atom. The minimum Gasteiger partial charge on any atom is -0.462 e. The van der Waals surface area contributed by atoms with Gasteiger partial charge in [-0.2, -0.15) is 0 Å². The van der Waals surface area contributed by atoms with Gasteiger partial charge in [-0.3, -0.25) is 9.36 Å². The fraction of sp³-hybridized carbons (Fsp3) is 0.500. The van der Waals surface area contributed by atoms with Crippen LogP contribution < -0.4 is 9.61 Å². The minimum absolute atomic E-state index is 0.155. The number of hydrogen-bond donors (Lipinski definition) is 1. The van der Waals surface area contributed by atoms with Crippen LogP contribution in [0.25, 0.3) is 0 Å². The number of carbonyl (C=O) groups is 1. The Morgan fingerprint density at radius 1 is 1.30 bits per heavy atom. The molecule has 0 saturated heterocycles. The number of hydrogen-bond acceptors (Lipinski definition) is 4. The van der Waals surface area contributed by atoms with E-state index in [1.807, 2.05) is 19.9 Å². The van der Waals surface area contributed by atoms with Crippen LogP contribution in [0.4, 0.5) is 0 Å². The first-order chi connectivity index (χ1) is 9.34. The summed E-state index contributed by atoms with van der Waals surface area (Å²) >= 11 is 0. The predicted octanol–water partition coefficient (Wildman–Crippen LogP) is 3.21. The van der Waals surface area contributed by atoms with Gasteiger partial charge in [-0.05, 0) is 32.4 Å². The molecule has 0 fully saturated rings. The van der Waals surface area contributed by atoms with Crippen molar-refractivity contribution < 1.29 is 18.6 Å². The Morgan fingerprint density at radius 3 is 2.45 bits per heavy atom. The van der Waals surface area contributed by atoms with E-state index in [0.717, 1.165) is 6.42 Å². The zero-order valence-electron chi connectivity index (χ0n) is 12.3. The maximum absolute atomic E-state index is 12.3. The third-order valence-electron chi connectivity index (χ3n) is 2.70. The van der Waals surface area contributed by atoms with Crippen LogP contribution in [0.5, 0.6) is 5.75 Å². The summed E-state index contributed by atoms with van der Waals surface area (Å²) in [6.45, 7) is 6.79. The highest BCUT2D eigenvalue weighted by atomic mass is 31.2. The molecule has 3 atom stereocenters. The maximum atomic E-state index is 12.3. The third kappa shape index (κ3) is 5.76. The Hall–Kier alpha value is -1.32. The molecule has 0 radical (unpaired) electrons. The average Bonchev–Trinajstić information content (AvgIpc) is 2.38. The summed E-state index contributed by atoms with van der Waals surface area (Å²) in [5.41, 5.74) is 0. The summed E-state index contributed by atoms with van der Waals surface area (Å²) < 4.78 is 22.9. The first-order valence-corrected chi connectivity index (χ1v) is 8.71. The van der Waals surface area contributed by atoms with E-state index in [-0.39, 0.29) is 6.10 Å². The number of nitrogens with one attached hydrogen (secondary N) is 1. The van der Waals surface area contributed by atoms with Crippen molar-refractivity contribution in [3.8, 4) is 5.75 Å². The van der Waals surface area contributed by atoms with Crippen molar-refractivity contribution in [2.24, 2.45) is 0 Å². The van der Waals surface area contributed by atoms with Crippen LogP contribution in [-0.2, 0) is 14.1 Å². The van der Waals surface area contributed by atoms with Crippen LogP contribution in [0.15, 0.2) is 30.3 Å². The molecule has 0 aliphatic heterocycles. The lowest BCUT2D eigenvalue weighted by Crippen LogP contribution is -2.35. The molecule has 0 spiro atoms. The molecule has 1 N–H and O–H groups in total. The van der Waals surface area contributed by atoms with Gasteiger partial charge < -0.3 is 9.26 Å². The SMILES string of the molecule is CCC(C)OC(=O)[C@H](C)NP(C)(=O)Oc1ccccc1. The zero-order valence-corrected chi connectivity index (χ0v) is 13.2. The van der Waals surface area contributed by atoms with Crippen LogP contribution in [0.3, 0.4) is 0 Å². The fourth-order valence-electron chi connectivity index (χ4n) is 1.50. The number of esters is 1. The second-order valence-corrected chi connectivity index (χ2v) is 6.89. The van der Waals surface area contributed by atoms with Gasteiger partial charge >= 0.3 is 13.5 Å². The Kier molecular flexibility index (Phi) is 6.24. The van der Waals surface area contributed by atoms with Crippen LogP contribution in [0.2, 0.25) is 0 Å². The molecule has 0 amide bonds. The Balaban J connectivity index is 2.57. The molecular formula is C14H22NO4P. The summed E-state index contributed by atoms with van der Waals surface area (Å²) in [7, 11) is -3.13. The van der Waals surface area contributed by atoms with E-state index in [0.29, 0.717) is 5.75 Å². The molecule has 0 aliphatic rings. The largest absolute Gasteiger partial charge is 0.462 e. The van der Waals surface area contributed by atoms with Crippen LogP contribution in [-0.4, -0.2) is 24.8 Å². The first-order valence-electron chi connectivity index (χ1n) is 6.64. The molecule has 1 rings (SSSR count). The van der Waals surface area contributed by atoms with Gasteiger partial charge in [0.1, 0.15) is 11.8 Å². The van der Waals surface area contributed by atoms with Crippen LogP contribution >= 0.6 is 7.52 Å². The standard InChI is InChI=1S/C14H22NO4P/c1-5-11(2)18-14(16)12(3)15-20(4,17)19-13-9-7-6-8-10-13/h6-12H,5H2,1-4H3,(H,15,17)/t11?,12-,20?/m0/s1. The van der Waals surface area contributed by atoms with E-state index in [2.05, 4.69) is 5.09 Å². The van der Waals surface area contributed by atoms with E-state index in [1.165, 1.54) is 6.66 Å². The second-order valence-electron chi connectivity index (χ2n) is 4.76. The molecule has 0 bridgehead atoms. The topological polar surface area (TPSA) is 64.6 Å². The van der Waals surface area contributed by atoms with Crippen LogP contribution in [0, 0.1) is 0 Å². The van der Waals surface area contributed by atoms with E-state index in [4.69, 9.17) is 9.26 Å². The van der Waals surface area contributed by atoms with Gasteiger partial charge in [0.2, 0.25) is 0 Å². The normalized spacial score (nSPS) is 16.8. The van der Waals surface area contributed by atoms with Crippen molar-refractivity contribution in [1.29, 1.82) is 0 Å². The molecule has 0 heterocycles. The van der Waals surface area contributed by atoms with Crippen molar-refractivity contribution in [3.05, 3.63) is 30.3 Å². The van der Waals surface area contributed by atoms with Crippen molar-refractivity contribution in [2.45, 2.75) is 39.3 Å². The second kappa shape index (κ2) is 7.46. The lowest BCUT2D eigenvalue weighted by molar-refractivity contribution is -0.149. The molecular weight excluding hydrogens is 277 g/mol. The molecule has 6 heteroatoms. The minimum atomic E-state index is -3.13. The van der Waals surface area contributed by atoms with E-state index in [1.54, 1.807) is 31.2 Å². The molecule has 1 aromatic carbocycles. The summed E-state index contributed by atoms with van der Waals surface area (Å²) in [6.07, 6.45) is 0.584. The maximum Gasteiger partial charge on any atom is 0.323 e. The monoisotopic (exact) mass is 299 g/mol. The smallest absolute Gasteiger partial charge is 0.323 e. The van der Waals surface area contributed by atoms with E-state index >= 15 is 0 Å². The number of para-hydroxylation sites is 1. The van der Waals surface area contributed by atoms with Crippen molar-refractivity contribution in [3.63, 3.8) is 0 Å². The van der Waals surface area contributed by atoms with Gasteiger partial charge in [-0.15, -0.1) is 0 Å². The highest BCUT2D eigenvalue weighted by Gasteiger charge is 2.26. The van der Waals surface area contributed by atoms with Gasteiger partial charge in [0.25, 0.3) is 0 Å². The third-order valence-corrected chi connectivity index (χ3v) is 4.11. The van der Waals surface area contributed by atoms with Gasteiger partial charge in [0, 0.05) is 6.66 Å². The highest BCUT2D eigenvalue weighted by Crippen LogP contribution is 2.39. The van der Waals surface area contributed by atoms with E-state index in [9.17, 15) is 9.36 Å². The summed E-state index contributed by atoms with van der Waals surface area (Å²) in [6, 6.07) is 8.14. The molecule has 0 aromatic heterocycles. The van der Waals surface area contributed by atoms with Gasteiger partial charge in [0.15, 0.2) is 0 Å². The summed E-state index contributed by atoms with van der Waals surface area (Å²) in [5.74, 6) is 0.0615. The number of rotatable bonds is 7. The molecule has 2 unspecified atom stereocenters. The quantitative estimate of drug-likeness (QED) is 0.618. The molecule has 0 saturated carbocycles. The Labute approximate surface area is 120 Å². The lowest BCUT2D eigenvalue weighted by atomic mass is 10.3. The lowest BCUT2D eigenvalue weighted by Gasteiger charge is -2.21. The molecule has 0 aliphatic carbocycles. The first kappa shape index (κ1) is 16.7. The van der Waals surface area contributed by atoms with E-state index < -0.39 is 19.5 Å². The van der Waals surface area contributed by atoms with Crippen molar-refractivity contribution >= 4 is 13.5 Å². The molecule has 112 valence electrons.